The molecule has 144 valence electrons. The van der Waals surface area contributed by atoms with Gasteiger partial charge in [-0.1, -0.05) is 0 Å². The number of anilines is 1. The van der Waals surface area contributed by atoms with E-state index in [4.69, 9.17) is 0 Å². The number of nitrogens with zero attached hydrogens (tertiary/aromatic N) is 6. The molecule has 0 saturated heterocycles. The van der Waals surface area contributed by atoms with Crippen molar-refractivity contribution in [1.82, 2.24) is 29.3 Å². The minimum Gasteiger partial charge on any atom is -0.290 e. The van der Waals surface area contributed by atoms with Crippen molar-refractivity contribution in [1.29, 1.82) is 0 Å². The van der Waals surface area contributed by atoms with Crippen LogP contribution in [0.5, 0.6) is 0 Å². The third kappa shape index (κ3) is 3.83. The summed E-state index contributed by atoms with van der Waals surface area (Å²) in [5.41, 5.74) is -2.06. The van der Waals surface area contributed by atoms with Gasteiger partial charge in [-0.15, -0.1) is 0 Å². The van der Waals surface area contributed by atoms with Gasteiger partial charge in [-0.3, -0.25) is 19.4 Å². The molecule has 0 unspecified atom stereocenters. The van der Waals surface area contributed by atoms with Gasteiger partial charge in [0.2, 0.25) is 5.95 Å². The fraction of sp³-hybridized carbons (Fsp3) is 0.308. The zero-order valence-corrected chi connectivity index (χ0v) is 13.3. The van der Waals surface area contributed by atoms with Crippen molar-refractivity contribution in [2.75, 3.05) is 5.32 Å². The number of aromatic nitrogens is 6. The summed E-state index contributed by atoms with van der Waals surface area (Å²) in [5.74, 6) is -1.66. The molecule has 1 amide bonds. The van der Waals surface area contributed by atoms with E-state index in [1.807, 2.05) is 0 Å². The van der Waals surface area contributed by atoms with Crippen LogP contribution in [0.1, 0.15) is 16.2 Å². The van der Waals surface area contributed by atoms with Crippen LogP contribution in [-0.2, 0) is 19.8 Å². The summed E-state index contributed by atoms with van der Waals surface area (Å²) < 4.78 is 77.9. The molecule has 0 radical (unpaired) electrons. The van der Waals surface area contributed by atoms with Gasteiger partial charge in [0, 0.05) is 13.1 Å². The van der Waals surface area contributed by atoms with Crippen molar-refractivity contribution in [3.05, 3.63) is 30.0 Å². The molecule has 0 aliphatic rings. The fourth-order valence-corrected chi connectivity index (χ4v) is 2.29. The number of imidazole rings is 1. The average molecular weight is 393 g/mol. The molecule has 3 rings (SSSR count). The lowest BCUT2D eigenvalue weighted by atomic mass is 10.3. The first-order chi connectivity index (χ1) is 12.5. The first-order valence-corrected chi connectivity index (χ1v) is 7.11. The maximum atomic E-state index is 12.8. The van der Waals surface area contributed by atoms with E-state index >= 15 is 0 Å². The van der Waals surface area contributed by atoms with Gasteiger partial charge in [-0.25, -0.2) is 15.0 Å². The SMILES string of the molecule is Cn1nc(C(F)(F)F)cc1C(=O)Nc1nc2cncnc2n1CC(F)(F)F. The Hall–Kier alpha value is -3.19. The van der Waals surface area contributed by atoms with E-state index in [0.29, 0.717) is 15.3 Å². The number of nitrogens with one attached hydrogen (secondary N) is 1. The van der Waals surface area contributed by atoms with Crippen molar-refractivity contribution < 1.29 is 31.1 Å². The second-order valence-electron chi connectivity index (χ2n) is 5.36. The zero-order valence-electron chi connectivity index (χ0n) is 13.3. The summed E-state index contributed by atoms with van der Waals surface area (Å²) in [6.45, 7) is -1.52. The molecule has 0 spiro atoms. The largest absolute Gasteiger partial charge is 0.435 e. The number of rotatable bonds is 3. The van der Waals surface area contributed by atoms with Crippen molar-refractivity contribution >= 4 is 23.0 Å². The minimum absolute atomic E-state index is 0.0296. The van der Waals surface area contributed by atoms with Crippen LogP contribution in [0.25, 0.3) is 11.2 Å². The van der Waals surface area contributed by atoms with Gasteiger partial charge >= 0.3 is 12.4 Å². The number of carbonyl (C=O) groups is 1. The summed E-state index contributed by atoms with van der Waals surface area (Å²) in [4.78, 5) is 23.4. The van der Waals surface area contributed by atoms with Crippen LogP contribution in [0, 0.1) is 0 Å². The Morgan fingerprint density at radius 2 is 1.93 bits per heavy atom. The first kappa shape index (κ1) is 18.6. The van der Waals surface area contributed by atoms with Crippen molar-refractivity contribution in [3.63, 3.8) is 0 Å². The molecule has 0 fully saturated rings. The van der Waals surface area contributed by atoms with E-state index < -0.39 is 42.1 Å². The van der Waals surface area contributed by atoms with E-state index in [9.17, 15) is 31.1 Å². The molecule has 27 heavy (non-hydrogen) atoms. The predicted molar refractivity (Wildman–Crippen MR) is 77.5 cm³/mol. The molecule has 3 heterocycles. The molecule has 0 aliphatic heterocycles. The lowest BCUT2D eigenvalue weighted by Crippen LogP contribution is -2.23. The lowest BCUT2D eigenvalue weighted by Gasteiger charge is -2.11. The summed E-state index contributed by atoms with van der Waals surface area (Å²) >= 11 is 0. The van der Waals surface area contributed by atoms with Crippen LogP contribution in [0.3, 0.4) is 0 Å². The van der Waals surface area contributed by atoms with Crippen molar-refractivity contribution in [2.45, 2.75) is 18.9 Å². The van der Waals surface area contributed by atoms with Gasteiger partial charge < -0.3 is 0 Å². The number of carbonyl (C=O) groups excluding carboxylic acids is 1. The Labute approximate surface area is 145 Å². The molecule has 0 bridgehead atoms. The Balaban J connectivity index is 1.98. The molecular formula is C13H9F6N7O. The van der Waals surface area contributed by atoms with E-state index in [0.717, 1.165) is 19.6 Å². The molecule has 3 aromatic rings. The number of aryl methyl sites for hydroxylation is 1. The normalized spacial score (nSPS) is 12.6. The highest BCUT2D eigenvalue weighted by molar-refractivity contribution is 6.02. The summed E-state index contributed by atoms with van der Waals surface area (Å²) in [5, 5.41) is 5.23. The number of hydrogen-bond donors (Lipinski definition) is 1. The second-order valence-corrected chi connectivity index (χ2v) is 5.36. The molecule has 0 aromatic carbocycles. The Kier molecular flexibility index (Phi) is 4.28. The highest BCUT2D eigenvalue weighted by Crippen LogP contribution is 2.29. The Morgan fingerprint density at radius 1 is 1.22 bits per heavy atom. The summed E-state index contributed by atoms with van der Waals surface area (Å²) in [6, 6.07) is 0.478. The van der Waals surface area contributed by atoms with Gasteiger partial charge in [0.15, 0.2) is 11.3 Å². The number of amides is 1. The summed E-state index contributed by atoms with van der Waals surface area (Å²) in [7, 11) is 1.09. The summed E-state index contributed by atoms with van der Waals surface area (Å²) in [6.07, 6.45) is -7.31. The molecule has 0 aliphatic carbocycles. The smallest absolute Gasteiger partial charge is 0.290 e. The van der Waals surface area contributed by atoms with Gasteiger partial charge in [-0.2, -0.15) is 31.4 Å². The highest BCUT2D eigenvalue weighted by atomic mass is 19.4. The topological polar surface area (TPSA) is 90.5 Å². The maximum absolute atomic E-state index is 12.8. The number of halogens is 6. The van der Waals surface area contributed by atoms with Crippen molar-refractivity contribution in [3.8, 4) is 0 Å². The molecule has 8 nitrogen and oxygen atoms in total. The van der Waals surface area contributed by atoms with Crippen LogP contribution >= 0.6 is 0 Å². The van der Waals surface area contributed by atoms with Crippen molar-refractivity contribution in [2.24, 2.45) is 7.05 Å². The van der Waals surface area contributed by atoms with E-state index in [1.165, 1.54) is 0 Å². The molecule has 14 heteroatoms. The molecular weight excluding hydrogens is 384 g/mol. The standard InChI is InChI=1S/C13H9F6N7O/c1-25-7(2-8(24-25)13(17,18)19)10(27)23-11-22-6-3-20-5-21-9(6)26(11)4-12(14,15)16/h2-3,5H,4H2,1H3,(H,22,23,27). The van der Waals surface area contributed by atoms with E-state index in [2.05, 4.69) is 25.4 Å². The lowest BCUT2D eigenvalue weighted by molar-refractivity contribution is -0.141. The Bertz CT molecular complexity index is 1000. The predicted octanol–water partition coefficient (Wildman–Crippen LogP) is 2.39. The maximum Gasteiger partial charge on any atom is 0.435 e. The number of fused-ring (bicyclic) bond motifs is 1. The van der Waals surface area contributed by atoms with E-state index in [-0.39, 0.29) is 11.2 Å². The van der Waals surface area contributed by atoms with Gasteiger partial charge in [0.1, 0.15) is 24.1 Å². The Morgan fingerprint density at radius 3 is 2.52 bits per heavy atom. The van der Waals surface area contributed by atoms with Gasteiger partial charge in [0.25, 0.3) is 5.91 Å². The number of hydrogen-bond acceptors (Lipinski definition) is 5. The second kappa shape index (κ2) is 6.21. The van der Waals surface area contributed by atoms with Crippen LogP contribution < -0.4 is 5.32 Å². The molecule has 0 saturated carbocycles. The van der Waals surface area contributed by atoms with Crippen LogP contribution in [0.2, 0.25) is 0 Å². The van der Waals surface area contributed by atoms with Crippen LogP contribution in [0.4, 0.5) is 32.3 Å². The third-order valence-corrected chi connectivity index (χ3v) is 3.38. The molecule has 3 aromatic heterocycles. The average Bonchev–Trinajstić information content (AvgIpc) is 3.07. The monoisotopic (exact) mass is 393 g/mol. The fourth-order valence-electron chi connectivity index (χ4n) is 2.29. The van der Waals surface area contributed by atoms with Gasteiger partial charge in [0.05, 0.1) is 6.20 Å². The van der Waals surface area contributed by atoms with Crippen LogP contribution in [0.15, 0.2) is 18.6 Å². The molecule has 1 N–H and O–H groups in total. The third-order valence-electron chi connectivity index (χ3n) is 3.38. The minimum atomic E-state index is -4.78. The number of alkyl halides is 6. The van der Waals surface area contributed by atoms with Gasteiger partial charge in [-0.05, 0) is 0 Å². The zero-order chi connectivity index (χ0) is 20.0. The molecule has 0 atom stereocenters. The first-order valence-electron chi connectivity index (χ1n) is 7.11. The van der Waals surface area contributed by atoms with Crippen LogP contribution in [-0.4, -0.2) is 41.4 Å². The quantitative estimate of drug-likeness (QED) is 0.690. The van der Waals surface area contributed by atoms with E-state index in [1.54, 1.807) is 0 Å². The highest BCUT2D eigenvalue weighted by Gasteiger charge is 2.36.